The van der Waals surface area contributed by atoms with E-state index in [0.717, 1.165) is 0 Å². The van der Waals surface area contributed by atoms with Gasteiger partial charge in [-0.3, -0.25) is 19.7 Å². The van der Waals surface area contributed by atoms with Crippen molar-refractivity contribution in [3.8, 4) is 0 Å². The van der Waals surface area contributed by atoms with Gasteiger partial charge >= 0.3 is 0 Å². The van der Waals surface area contributed by atoms with Crippen LogP contribution in [0.5, 0.6) is 0 Å². The molecule has 1 heterocycles. The molecule has 29 heavy (non-hydrogen) atoms. The van der Waals surface area contributed by atoms with E-state index in [1.807, 2.05) is 0 Å². The maximum atomic E-state index is 13.0. The number of nitro benzene ring substituents is 1. The van der Waals surface area contributed by atoms with Gasteiger partial charge in [-0.25, -0.2) is 0 Å². The number of morpholine rings is 1. The van der Waals surface area contributed by atoms with Crippen molar-refractivity contribution < 1.29 is 19.2 Å². The van der Waals surface area contributed by atoms with Crippen molar-refractivity contribution >= 4 is 35.2 Å². The van der Waals surface area contributed by atoms with Crippen molar-refractivity contribution in [1.82, 2.24) is 10.2 Å². The lowest BCUT2D eigenvalue weighted by atomic mass is 10.1. The number of amides is 2. The molecule has 2 aromatic carbocycles. The minimum Gasteiger partial charge on any atom is -0.378 e. The number of benzene rings is 2. The van der Waals surface area contributed by atoms with Crippen LogP contribution in [0.25, 0.3) is 6.08 Å². The minimum absolute atomic E-state index is 0.00248. The second-order valence-corrected chi connectivity index (χ2v) is 6.66. The quantitative estimate of drug-likeness (QED) is 0.459. The van der Waals surface area contributed by atoms with Crippen LogP contribution in [0.2, 0.25) is 5.02 Å². The van der Waals surface area contributed by atoms with Crippen molar-refractivity contribution in [2.45, 2.75) is 0 Å². The maximum Gasteiger partial charge on any atom is 0.270 e. The molecule has 1 aliphatic rings. The van der Waals surface area contributed by atoms with Crippen LogP contribution < -0.4 is 5.32 Å². The Bertz CT molecular complexity index is 970. The monoisotopic (exact) mass is 415 g/mol. The highest BCUT2D eigenvalue weighted by atomic mass is 35.5. The van der Waals surface area contributed by atoms with Gasteiger partial charge in [-0.2, -0.15) is 0 Å². The summed E-state index contributed by atoms with van der Waals surface area (Å²) in [5, 5.41) is 13.9. The highest BCUT2D eigenvalue weighted by Crippen LogP contribution is 2.18. The number of carbonyl (C=O) groups excluding carboxylic acids is 2. The first-order chi connectivity index (χ1) is 14.0. The summed E-state index contributed by atoms with van der Waals surface area (Å²) in [5.74, 6) is -0.950. The summed E-state index contributed by atoms with van der Waals surface area (Å²) in [6.45, 7) is 1.56. The fourth-order valence-electron chi connectivity index (χ4n) is 2.82. The van der Waals surface area contributed by atoms with Crippen molar-refractivity contribution in [3.05, 3.63) is 80.5 Å². The zero-order valence-corrected chi connectivity index (χ0v) is 16.1. The van der Waals surface area contributed by atoms with Crippen LogP contribution in [0.3, 0.4) is 0 Å². The molecule has 150 valence electrons. The van der Waals surface area contributed by atoms with Crippen molar-refractivity contribution in [2.75, 3.05) is 26.3 Å². The van der Waals surface area contributed by atoms with Gasteiger partial charge in [-0.1, -0.05) is 35.9 Å². The number of halogens is 1. The smallest absolute Gasteiger partial charge is 0.270 e. The third kappa shape index (κ3) is 5.18. The summed E-state index contributed by atoms with van der Waals surface area (Å²) in [6.07, 6.45) is 1.42. The Morgan fingerprint density at radius 1 is 1.14 bits per heavy atom. The van der Waals surface area contributed by atoms with Crippen LogP contribution in [-0.2, 0) is 9.53 Å². The zero-order chi connectivity index (χ0) is 20.8. The maximum absolute atomic E-state index is 13.0. The predicted molar refractivity (Wildman–Crippen MR) is 107 cm³/mol. The lowest BCUT2D eigenvalue weighted by molar-refractivity contribution is -0.384. The number of rotatable bonds is 5. The van der Waals surface area contributed by atoms with Crippen molar-refractivity contribution in [2.24, 2.45) is 0 Å². The topological polar surface area (TPSA) is 102 Å². The summed E-state index contributed by atoms with van der Waals surface area (Å²) in [6, 6.07) is 12.3. The molecule has 1 N–H and O–H groups in total. The van der Waals surface area contributed by atoms with Crippen LogP contribution in [-0.4, -0.2) is 47.9 Å². The third-order valence-electron chi connectivity index (χ3n) is 4.29. The fraction of sp³-hybridized carbons (Fsp3) is 0.200. The highest BCUT2D eigenvalue weighted by Gasteiger charge is 2.23. The summed E-state index contributed by atoms with van der Waals surface area (Å²) < 4.78 is 5.26. The van der Waals surface area contributed by atoms with Gasteiger partial charge in [0.15, 0.2) is 0 Å². The van der Waals surface area contributed by atoms with Gasteiger partial charge in [0.1, 0.15) is 5.70 Å². The SMILES string of the molecule is O=C(N/C(=C/c1cccc([N+](=O)[O-])c1)C(=O)N1CCOCC1)c1ccccc1Cl. The molecule has 9 heteroatoms. The van der Waals surface area contributed by atoms with Crippen LogP contribution >= 0.6 is 11.6 Å². The van der Waals surface area contributed by atoms with Gasteiger partial charge < -0.3 is 15.0 Å². The summed E-state index contributed by atoms with van der Waals surface area (Å²) >= 11 is 6.08. The molecule has 3 rings (SSSR count). The van der Waals surface area contributed by atoms with E-state index in [1.54, 1.807) is 35.2 Å². The second-order valence-electron chi connectivity index (χ2n) is 6.25. The Hall–Kier alpha value is -3.23. The molecule has 2 aromatic rings. The Morgan fingerprint density at radius 2 is 1.86 bits per heavy atom. The van der Waals surface area contributed by atoms with Gasteiger partial charge in [0.25, 0.3) is 17.5 Å². The predicted octanol–water partition coefficient (Wildman–Crippen LogP) is 2.88. The molecular formula is C20H18ClN3O5. The molecule has 1 aliphatic heterocycles. The number of hydrogen-bond acceptors (Lipinski definition) is 5. The Morgan fingerprint density at radius 3 is 2.55 bits per heavy atom. The van der Waals surface area contributed by atoms with E-state index in [-0.39, 0.29) is 22.0 Å². The molecule has 0 aliphatic carbocycles. The van der Waals surface area contributed by atoms with Crippen LogP contribution in [0.1, 0.15) is 15.9 Å². The Labute approximate surface area is 171 Å². The van der Waals surface area contributed by atoms with E-state index in [2.05, 4.69) is 5.32 Å². The molecule has 0 saturated carbocycles. The Balaban J connectivity index is 1.94. The molecule has 8 nitrogen and oxygen atoms in total. The zero-order valence-electron chi connectivity index (χ0n) is 15.3. The summed E-state index contributed by atoms with van der Waals surface area (Å²) in [4.78, 5) is 37.7. The summed E-state index contributed by atoms with van der Waals surface area (Å²) in [7, 11) is 0. The van der Waals surface area contributed by atoms with Crippen molar-refractivity contribution in [3.63, 3.8) is 0 Å². The van der Waals surface area contributed by atoms with Crippen LogP contribution in [0.4, 0.5) is 5.69 Å². The molecule has 0 unspecified atom stereocenters. The number of ether oxygens (including phenoxy) is 1. The van der Waals surface area contributed by atoms with E-state index in [4.69, 9.17) is 16.3 Å². The highest BCUT2D eigenvalue weighted by molar-refractivity contribution is 6.34. The number of non-ortho nitro benzene ring substituents is 1. The number of nitro groups is 1. The molecular weight excluding hydrogens is 398 g/mol. The molecule has 1 saturated heterocycles. The van der Waals surface area contributed by atoms with Crippen LogP contribution in [0.15, 0.2) is 54.2 Å². The van der Waals surface area contributed by atoms with Gasteiger partial charge in [0.2, 0.25) is 0 Å². The molecule has 2 amide bonds. The first-order valence-corrected chi connectivity index (χ1v) is 9.22. The normalized spacial score (nSPS) is 14.4. The molecule has 0 spiro atoms. The lowest BCUT2D eigenvalue weighted by Gasteiger charge is -2.28. The average Bonchev–Trinajstić information content (AvgIpc) is 2.73. The van der Waals surface area contributed by atoms with E-state index >= 15 is 0 Å². The number of carbonyl (C=O) groups is 2. The van der Waals surface area contributed by atoms with E-state index in [9.17, 15) is 19.7 Å². The number of nitrogens with one attached hydrogen (secondary N) is 1. The first-order valence-electron chi connectivity index (χ1n) is 8.85. The molecule has 0 atom stereocenters. The number of nitrogens with zero attached hydrogens (tertiary/aromatic N) is 2. The lowest BCUT2D eigenvalue weighted by Crippen LogP contribution is -2.44. The fourth-order valence-corrected chi connectivity index (χ4v) is 3.04. The van der Waals surface area contributed by atoms with Gasteiger partial charge in [-0.05, 0) is 23.8 Å². The standard InChI is InChI=1S/C20H18ClN3O5/c21-17-7-2-1-6-16(17)19(25)22-18(20(26)23-8-10-29-11-9-23)13-14-4-3-5-15(12-14)24(27)28/h1-7,12-13H,8-11H2,(H,22,25)/b18-13+. The largest absolute Gasteiger partial charge is 0.378 e. The van der Waals surface area contributed by atoms with Crippen LogP contribution in [0, 0.1) is 10.1 Å². The van der Waals surface area contributed by atoms with Crippen molar-refractivity contribution in [1.29, 1.82) is 0 Å². The number of hydrogen-bond donors (Lipinski definition) is 1. The molecule has 0 bridgehead atoms. The van der Waals surface area contributed by atoms with Gasteiger partial charge in [-0.15, -0.1) is 0 Å². The molecule has 1 fully saturated rings. The minimum atomic E-state index is -0.547. The van der Waals surface area contributed by atoms with E-state index in [1.165, 1.54) is 24.3 Å². The Kier molecular flexibility index (Phi) is 6.58. The third-order valence-corrected chi connectivity index (χ3v) is 4.62. The molecule has 0 radical (unpaired) electrons. The van der Waals surface area contributed by atoms with Gasteiger partial charge in [0, 0.05) is 25.2 Å². The molecule has 0 aromatic heterocycles. The summed E-state index contributed by atoms with van der Waals surface area (Å²) in [5.41, 5.74) is 0.510. The van der Waals surface area contributed by atoms with Gasteiger partial charge in [0.05, 0.1) is 28.7 Å². The van der Waals surface area contributed by atoms with E-state index in [0.29, 0.717) is 31.9 Å². The average molecular weight is 416 g/mol. The van der Waals surface area contributed by atoms with E-state index < -0.39 is 16.7 Å². The second kappa shape index (κ2) is 9.31. The first kappa shape index (κ1) is 20.5.